The molecule has 174 valence electrons. The molecule has 1 aliphatic rings. The van der Waals surface area contributed by atoms with Crippen LogP contribution in [0.1, 0.15) is 40.7 Å². The third-order valence-corrected chi connectivity index (χ3v) is 7.06. The zero-order chi connectivity index (χ0) is 23.4. The SMILES string of the molecule is Cc1ccc(S(=O)(=O)N2CCCCC2)cc1NC(=O)c1ccc(COCC(F)(F)F)cc1. The van der Waals surface area contributed by atoms with Gasteiger partial charge in [-0.3, -0.25) is 4.79 Å². The number of piperidine rings is 1. The Morgan fingerprint density at radius 2 is 1.72 bits per heavy atom. The van der Waals surface area contributed by atoms with Crippen LogP contribution in [0.3, 0.4) is 0 Å². The van der Waals surface area contributed by atoms with Gasteiger partial charge in [0.2, 0.25) is 10.0 Å². The summed E-state index contributed by atoms with van der Waals surface area (Å²) in [5.41, 5.74) is 1.86. The molecule has 1 saturated heterocycles. The minimum atomic E-state index is -4.40. The molecule has 0 bridgehead atoms. The van der Waals surface area contributed by atoms with Crippen LogP contribution in [-0.4, -0.2) is 44.5 Å². The van der Waals surface area contributed by atoms with E-state index in [4.69, 9.17) is 0 Å². The summed E-state index contributed by atoms with van der Waals surface area (Å²) in [6.07, 6.45) is -1.74. The van der Waals surface area contributed by atoms with Gasteiger partial charge in [0, 0.05) is 24.3 Å². The summed E-state index contributed by atoms with van der Waals surface area (Å²) in [6, 6.07) is 10.6. The maximum absolute atomic E-state index is 12.9. The fourth-order valence-electron chi connectivity index (χ4n) is 3.38. The molecule has 0 spiro atoms. The van der Waals surface area contributed by atoms with E-state index in [1.165, 1.54) is 40.7 Å². The number of alkyl halides is 3. The zero-order valence-corrected chi connectivity index (χ0v) is 18.4. The van der Waals surface area contributed by atoms with Gasteiger partial charge in [0.25, 0.3) is 5.91 Å². The first-order valence-corrected chi connectivity index (χ1v) is 11.7. The number of carbonyl (C=O) groups excluding carboxylic acids is 1. The van der Waals surface area contributed by atoms with Crippen molar-refractivity contribution in [3.63, 3.8) is 0 Å². The Labute approximate surface area is 185 Å². The molecule has 10 heteroatoms. The molecule has 0 unspecified atom stereocenters. The Bertz CT molecular complexity index is 1050. The molecule has 1 fully saturated rings. The van der Waals surface area contributed by atoms with E-state index in [1.807, 2.05) is 0 Å². The molecule has 6 nitrogen and oxygen atoms in total. The van der Waals surface area contributed by atoms with Crippen molar-refractivity contribution in [2.24, 2.45) is 0 Å². The van der Waals surface area contributed by atoms with Crippen LogP contribution < -0.4 is 5.32 Å². The number of rotatable bonds is 7. The van der Waals surface area contributed by atoms with Gasteiger partial charge >= 0.3 is 6.18 Å². The average molecular weight is 471 g/mol. The summed E-state index contributed by atoms with van der Waals surface area (Å²) in [6.45, 7) is 1.16. The smallest absolute Gasteiger partial charge is 0.367 e. The van der Waals surface area contributed by atoms with Gasteiger partial charge in [0.15, 0.2) is 0 Å². The van der Waals surface area contributed by atoms with E-state index in [0.29, 0.717) is 29.9 Å². The molecule has 1 N–H and O–H groups in total. The summed E-state index contributed by atoms with van der Waals surface area (Å²) >= 11 is 0. The molecule has 0 aromatic heterocycles. The number of benzene rings is 2. The molecule has 2 aromatic carbocycles. The highest BCUT2D eigenvalue weighted by atomic mass is 32.2. The van der Waals surface area contributed by atoms with E-state index in [2.05, 4.69) is 10.1 Å². The Morgan fingerprint density at radius 3 is 2.34 bits per heavy atom. The highest BCUT2D eigenvalue weighted by molar-refractivity contribution is 7.89. The lowest BCUT2D eigenvalue weighted by molar-refractivity contribution is -0.176. The van der Waals surface area contributed by atoms with E-state index < -0.39 is 28.7 Å². The Kier molecular flexibility index (Phi) is 7.58. The van der Waals surface area contributed by atoms with Crippen molar-refractivity contribution < 1.29 is 31.1 Å². The summed E-state index contributed by atoms with van der Waals surface area (Å²) in [4.78, 5) is 12.8. The van der Waals surface area contributed by atoms with Crippen molar-refractivity contribution in [1.82, 2.24) is 4.31 Å². The predicted molar refractivity (Wildman–Crippen MR) is 114 cm³/mol. The van der Waals surface area contributed by atoms with Crippen molar-refractivity contribution in [1.29, 1.82) is 0 Å². The number of ether oxygens (including phenoxy) is 1. The molecule has 0 atom stereocenters. The first kappa shape index (κ1) is 24.2. The van der Waals surface area contributed by atoms with Gasteiger partial charge in [0.05, 0.1) is 11.5 Å². The third kappa shape index (κ3) is 6.30. The monoisotopic (exact) mass is 470 g/mol. The molecule has 32 heavy (non-hydrogen) atoms. The number of hydrogen-bond donors (Lipinski definition) is 1. The summed E-state index contributed by atoms with van der Waals surface area (Å²) < 4.78 is 68.4. The molecule has 0 radical (unpaired) electrons. The molecule has 1 heterocycles. The number of aryl methyl sites for hydroxylation is 1. The van der Waals surface area contributed by atoms with Crippen LogP contribution in [0, 0.1) is 6.92 Å². The largest absolute Gasteiger partial charge is 0.411 e. The van der Waals surface area contributed by atoms with Gasteiger partial charge in [-0.05, 0) is 55.2 Å². The Morgan fingerprint density at radius 1 is 1.06 bits per heavy atom. The molecule has 0 aliphatic carbocycles. The number of nitrogens with one attached hydrogen (secondary N) is 1. The fourth-order valence-corrected chi connectivity index (χ4v) is 4.93. The maximum Gasteiger partial charge on any atom is 0.411 e. The number of nitrogens with zero attached hydrogens (tertiary/aromatic N) is 1. The molecule has 2 aromatic rings. The highest BCUT2D eigenvalue weighted by Crippen LogP contribution is 2.25. The van der Waals surface area contributed by atoms with E-state index in [1.54, 1.807) is 13.0 Å². The topological polar surface area (TPSA) is 75.7 Å². The molecule has 3 rings (SSSR count). The van der Waals surface area contributed by atoms with Gasteiger partial charge in [-0.25, -0.2) is 8.42 Å². The molecule has 1 amide bonds. The average Bonchev–Trinajstić information content (AvgIpc) is 2.75. The van der Waals surface area contributed by atoms with E-state index >= 15 is 0 Å². The lowest BCUT2D eigenvalue weighted by Crippen LogP contribution is -2.35. The van der Waals surface area contributed by atoms with Crippen LogP contribution in [0.4, 0.5) is 18.9 Å². The first-order chi connectivity index (χ1) is 15.1. The number of anilines is 1. The predicted octanol–water partition coefficient (Wildman–Crippen LogP) is 4.50. The van der Waals surface area contributed by atoms with Gasteiger partial charge in [0.1, 0.15) is 6.61 Å². The van der Waals surface area contributed by atoms with E-state index in [-0.39, 0.29) is 17.1 Å². The summed E-state index contributed by atoms with van der Waals surface area (Å²) in [5, 5.41) is 2.72. The fraction of sp³-hybridized carbons (Fsp3) is 0.409. The van der Waals surface area contributed by atoms with Crippen molar-refractivity contribution >= 4 is 21.6 Å². The number of amides is 1. The lowest BCUT2D eigenvalue weighted by Gasteiger charge is -2.26. The van der Waals surface area contributed by atoms with Gasteiger partial charge in [-0.15, -0.1) is 0 Å². The minimum Gasteiger partial charge on any atom is -0.367 e. The van der Waals surface area contributed by atoms with Crippen molar-refractivity contribution in [3.05, 3.63) is 59.2 Å². The zero-order valence-electron chi connectivity index (χ0n) is 17.6. The van der Waals surface area contributed by atoms with Gasteiger partial charge in [-0.2, -0.15) is 17.5 Å². The van der Waals surface area contributed by atoms with E-state index in [0.717, 1.165) is 19.3 Å². The number of sulfonamides is 1. The van der Waals surface area contributed by atoms with Crippen molar-refractivity contribution in [2.75, 3.05) is 25.0 Å². The van der Waals surface area contributed by atoms with Crippen LogP contribution in [0.25, 0.3) is 0 Å². The Balaban J connectivity index is 1.69. The summed E-state index contributed by atoms with van der Waals surface area (Å²) in [5.74, 6) is -0.455. The summed E-state index contributed by atoms with van der Waals surface area (Å²) in [7, 11) is -3.64. The molecular formula is C22H25F3N2O4S. The second-order valence-corrected chi connectivity index (χ2v) is 9.64. The van der Waals surface area contributed by atoms with Crippen molar-refractivity contribution in [3.8, 4) is 0 Å². The van der Waals surface area contributed by atoms with E-state index in [9.17, 15) is 26.4 Å². The maximum atomic E-state index is 12.9. The quantitative estimate of drug-likeness (QED) is 0.647. The number of carbonyl (C=O) groups is 1. The van der Waals surface area contributed by atoms with Crippen LogP contribution in [0.15, 0.2) is 47.4 Å². The van der Waals surface area contributed by atoms with Gasteiger partial charge < -0.3 is 10.1 Å². The van der Waals surface area contributed by atoms with Crippen LogP contribution in [0.2, 0.25) is 0 Å². The Hall–Kier alpha value is -2.43. The molecule has 1 aliphatic heterocycles. The van der Waals surface area contributed by atoms with Crippen LogP contribution in [0.5, 0.6) is 0 Å². The van der Waals surface area contributed by atoms with Crippen LogP contribution in [-0.2, 0) is 21.4 Å². The van der Waals surface area contributed by atoms with Crippen molar-refractivity contribution in [2.45, 2.75) is 43.9 Å². The lowest BCUT2D eigenvalue weighted by atomic mass is 10.1. The highest BCUT2D eigenvalue weighted by Gasteiger charge is 2.28. The minimum absolute atomic E-state index is 0.123. The first-order valence-electron chi connectivity index (χ1n) is 10.2. The van der Waals surface area contributed by atoms with Crippen LogP contribution >= 0.6 is 0 Å². The standard InChI is InChI=1S/C22H25F3N2O4S/c1-16-5-10-19(32(29,30)27-11-3-2-4-12-27)13-20(16)26-21(28)18-8-6-17(7-9-18)14-31-15-22(23,24)25/h5-10,13H,2-4,11-12,14-15H2,1H3,(H,26,28). The number of halogens is 3. The molecule has 0 saturated carbocycles. The number of hydrogen-bond acceptors (Lipinski definition) is 4. The second-order valence-electron chi connectivity index (χ2n) is 7.70. The third-order valence-electron chi connectivity index (χ3n) is 5.16. The van der Waals surface area contributed by atoms with Gasteiger partial charge in [-0.1, -0.05) is 24.6 Å². The normalized spacial score (nSPS) is 15.5. The molecular weight excluding hydrogens is 445 g/mol. The second kappa shape index (κ2) is 10.0.